The molecule has 0 aromatic heterocycles. The van der Waals surface area contributed by atoms with Gasteiger partial charge in [-0.3, -0.25) is 9.59 Å². The highest BCUT2D eigenvalue weighted by Gasteiger charge is 2.42. The van der Waals surface area contributed by atoms with E-state index in [2.05, 4.69) is 24.0 Å². The Hall–Kier alpha value is -2.16. The molecule has 0 N–H and O–H groups in total. The molecule has 0 bridgehead atoms. The Morgan fingerprint density at radius 2 is 1.44 bits per heavy atom. The second-order valence-electron chi connectivity index (χ2n) is 7.99. The second kappa shape index (κ2) is 7.84. The van der Waals surface area contributed by atoms with E-state index in [1.54, 1.807) is 0 Å². The number of para-hydroxylation sites is 1. The van der Waals surface area contributed by atoms with Gasteiger partial charge in [0.25, 0.3) is 0 Å². The molecule has 3 nitrogen and oxygen atoms in total. The summed E-state index contributed by atoms with van der Waals surface area (Å²) in [4.78, 5) is 28.3. The maximum Gasteiger partial charge on any atom is 0.161 e. The van der Waals surface area contributed by atoms with E-state index in [-0.39, 0.29) is 17.5 Å². The van der Waals surface area contributed by atoms with Crippen LogP contribution in [-0.2, 0) is 9.59 Å². The van der Waals surface area contributed by atoms with Crippen LogP contribution in [0.25, 0.3) is 0 Å². The van der Waals surface area contributed by atoms with Crippen LogP contribution in [0.15, 0.2) is 52.9 Å². The molecule has 3 aliphatic rings. The highest BCUT2D eigenvalue weighted by atomic mass is 16.1. The van der Waals surface area contributed by atoms with Crippen LogP contribution in [0.2, 0.25) is 0 Å². The summed E-state index contributed by atoms with van der Waals surface area (Å²) in [6.07, 6.45) is 9.29. The van der Waals surface area contributed by atoms with Gasteiger partial charge in [0.2, 0.25) is 0 Å². The Balaban J connectivity index is 1.86. The fourth-order valence-electron chi connectivity index (χ4n) is 5.03. The quantitative estimate of drug-likeness (QED) is 0.628. The number of unbranched alkanes of at least 4 members (excludes halogenated alkanes) is 2. The molecule has 0 amide bonds. The molecular weight excluding hydrogens is 334 g/mol. The van der Waals surface area contributed by atoms with Crippen molar-refractivity contribution in [2.24, 2.45) is 5.92 Å². The first kappa shape index (κ1) is 18.2. The molecule has 3 heteroatoms. The Morgan fingerprint density at radius 3 is 2.00 bits per heavy atom. The summed E-state index contributed by atoms with van der Waals surface area (Å²) in [5.74, 6) is 0.564. The van der Waals surface area contributed by atoms with Crippen LogP contribution in [0.3, 0.4) is 0 Å². The van der Waals surface area contributed by atoms with E-state index in [9.17, 15) is 9.59 Å². The lowest BCUT2D eigenvalue weighted by atomic mass is 9.71. The molecular formula is C24H29NO2. The summed E-state index contributed by atoms with van der Waals surface area (Å²) in [6.45, 7) is 2.20. The van der Waals surface area contributed by atoms with Gasteiger partial charge in [0.1, 0.15) is 0 Å². The first-order valence-electron chi connectivity index (χ1n) is 10.6. The van der Waals surface area contributed by atoms with Gasteiger partial charge in [-0.15, -0.1) is 0 Å². The predicted octanol–water partition coefficient (Wildman–Crippen LogP) is 5.72. The maximum atomic E-state index is 13.0. The number of allylic oxidation sites excluding steroid dienone is 4. The van der Waals surface area contributed by atoms with Gasteiger partial charge in [-0.1, -0.05) is 44.4 Å². The molecule has 0 fully saturated rings. The molecule has 0 spiro atoms. The number of hydrogen-bond donors (Lipinski definition) is 0. The number of anilines is 1. The van der Waals surface area contributed by atoms with Crippen molar-refractivity contribution in [2.45, 2.75) is 71.1 Å². The summed E-state index contributed by atoms with van der Waals surface area (Å²) in [6, 6.07) is 10.3. The minimum Gasteiger partial charge on any atom is -0.317 e. The van der Waals surface area contributed by atoms with Gasteiger partial charge in [-0.25, -0.2) is 0 Å². The molecule has 0 unspecified atom stereocenters. The van der Waals surface area contributed by atoms with E-state index in [1.807, 2.05) is 18.2 Å². The number of carbonyl (C=O) groups excluding carboxylic acids is 2. The van der Waals surface area contributed by atoms with Gasteiger partial charge in [0.15, 0.2) is 11.6 Å². The van der Waals surface area contributed by atoms with Crippen molar-refractivity contribution in [3.63, 3.8) is 0 Å². The molecule has 0 saturated carbocycles. The Kier molecular flexibility index (Phi) is 5.29. The average Bonchev–Trinajstić information content (AvgIpc) is 2.68. The molecule has 27 heavy (non-hydrogen) atoms. The molecule has 0 saturated heterocycles. The number of rotatable bonds is 5. The highest BCUT2D eigenvalue weighted by Crippen LogP contribution is 2.48. The number of carbonyl (C=O) groups is 2. The number of Topliss-reactive ketones (excluding diaryl/α,β-unsaturated/α-hetero) is 2. The summed E-state index contributed by atoms with van der Waals surface area (Å²) in [7, 11) is 0. The van der Waals surface area contributed by atoms with Gasteiger partial charge in [0.05, 0.1) is 0 Å². The van der Waals surface area contributed by atoms with E-state index >= 15 is 0 Å². The van der Waals surface area contributed by atoms with Crippen LogP contribution in [0, 0.1) is 5.92 Å². The van der Waals surface area contributed by atoms with Crippen molar-refractivity contribution >= 4 is 17.3 Å². The number of ketones is 2. The van der Waals surface area contributed by atoms with E-state index in [0.29, 0.717) is 12.8 Å². The highest BCUT2D eigenvalue weighted by molar-refractivity contribution is 6.06. The van der Waals surface area contributed by atoms with Gasteiger partial charge >= 0.3 is 0 Å². The lowest BCUT2D eigenvalue weighted by Gasteiger charge is -2.44. The number of nitrogens with zero attached hydrogens (tertiary/aromatic N) is 1. The van der Waals surface area contributed by atoms with Crippen LogP contribution in [-0.4, -0.2) is 11.6 Å². The third-order valence-electron chi connectivity index (χ3n) is 6.20. The normalized spacial score (nSPS) is 20.9. The van der Waals surface area contributed by atoms with Crippen molar-refractivity contribution in [1.82, 2.24) is 0 Å². The Bertz CT molecular complexity index is 759. The first-order chi connectivity index (χ1) is 13.2. The molecule has 1 aromatic carbocycles. The second-order valence-corrected chi connectivity index (χ2v) is 7.99. The van der Waals surface area contributed by atoms with Crippen LogP contribution in [0.4, 0.5) is 5.69 Å². The minimum atomic E-state index is 0.0297. The summed E-state index contributed by atoms with van der Waals surface area (Å²) in [5, 5.41) is 0. The molecule has 1 heterocycles. The first-order valence-corrected chi connectivity index (χ1v) is 10.6. The lowest BCUT2D eigenvalue weighted by molar-refractivity contribution is -0.117. The van der Waals surface area contributed by atoms with Crippen molar-refractivity contribution in [1.29, 1.82) is 0 Å². The zero-order valence-corrected chi connectivity index (χ0v) is 16.3. The van der Waals surface area contributed by atoms with E-state index in [0.717, 1.165) is 68.2 Å². The number of hydrogen-bond acceptors (Lipinski definition) is 3. The molecule has 142 valence electrons. The molecule has 2 aliphatic carbocycles. The maximum absolute atomic E-state index is 13.0. The fourth-order valence-corrected chi connectivity index (χ4v) is 5.03. The lowest BCUT2D eigenvalue weighted by Crippen LogP contribution is -2.40. The van der Waals surface area contributed by atoms with E-state index in [1.165, 1.54) is 11.4 Å². The number of benzene rings is 1. The van der Waals surface area contributed by atoms with Crippen molar-refractivity contribution in [2.75, 3.05) is 4.90 Å². The summed E-state index contributed by atoms with van der Waals surface area (Å²) < 4.78 is 0. The van der Waals surface area contributed by atoms with Crippen LogP contribution >= 0.6 is 0 Å². The largest absolute Gasteiger partial charge is 0.317 e. The standard InChI is InChI=1S/C24H29NO2/c1-2-3-5-12-18-23-19(13-8-15-21(23)26)25(17-10-6-4-7-11-17)20-14-9-16-22(27)24(18)20/h4,6-7,10-11,18H,2-3,5,8-9,12-16H2,1H3. The third-order valence-corrected chi connectivity index (χ3v) is 6.20. The van der Waals surface area contributed by atoms with Crippen molar-refractivity contribution < 1.29 is 9.59 Å². The Morgan fingerprint density at radius 1 is 0.852 bits per heavy atom. The SMILES string of the molecule is CCCCCC1C2=C(CCCC2=O)N(c2ccccc2)C2=C1C(=O)CCC2. The zero-order chi connectivity index (χ0) is 18.8. The summed E-state index contributed by atoms with van der Waals surface area (Å²) >= 11 is 0. The minimum absolute atomic E-state index is 0.0297. The van der Waals surface area contributed by atoms with E-state index < -0.39 is 0 Å². The van der Waals surface area contributed by atoms with E-state index in [4.69, 9.17) is 0 Å². The predicted molar refractivity (Wildman–Crippen MR) is 108 cm³/mol. The molecule has 1 aromatic rings. The van der Waals surface area contributed by atoms with Crippen LogP contribution < -0.4 is 4.90 Å². The van der Waals surface area contributed by atoms with Crippen molar-refractivity contribution in [3.8, 4) is 0 Å². The van der Waals surface area contributed by atoms with Crippen LogP contribution in [0.5, 0.6) is 0 Å². The molecule has 0 radical (unpaired) electrons. The Labute approximate surface area is 162 Å². The summed E-state index contributed by atoms with van der Waals surface area (Å²) in [5.41, 5.74) is 5.35. The molecule has 0 atom stereocenters. The molecule has 4 rings (SSSR count). The fraction of sp³-hybridized carbons (Fsp3) is 0.500. The van der Waals surface area contributed by atoms with Gasteiger partial charge < -0.3 is 4.90 Å². The van der Waals surface area contributed by atoms with Gasteiger partial charge in [0, 0.05) is 47.0 Å². The third kappa shape index (κ3) is 3.28. The zero-order valence-electron chi connectivity index (χ0n) is 16.3. The monoisotopic (exact) mass is 363 g/mol. The van der Waals surface area contributed by atoms with Crippen LogP contribution in [0.1, 0.15) is 71.1 Å². The van der Waals surface area contributed by atoms with Gasteiger partial charge in [-0.05, 0) is 44.2 Å². The van der Waals surface area contributed by atoms with Crippen molar-refractivity contribution in [3.05, 3.63) is 52.9 Å². The smallest absolute Gasteiger partial charge is 0.161 e. The van der Waals surface area contributed by atoms with Gasteiger partial charge in [-0.2, -0.15) is 0 Å². The average molecular weight is 364 g/mol. The molecule has 1 aliphatic heterocycles. The topological polar surface area (TPSA) is 37.4 Å².